The Bertz CT molecular complexity index is 1590. The minimum Gasteiger partial charge on any atom is -0.497 e. The zero-order valence-electron chi connectivity index (χ0n) is 31.4. The van der Waals surface area contributed by atoms with Gasteiger partial charge in [0.2, 0.25) is 0 Å². The van der Waals surface area contributed by atoms with Crippen LogP contribution < -0.4 is 14.2 Å². The highest BCUT2D eigenvalue weighted by molar-refractivity contribution is 6.12. The number of methoxy groups -OCH3 is 3. The molecule has 0 spiro atoms. The van der Waals surface area contributed by atoms with E-state index in [2.05, 4.69) is 0 Å². The molecule has 4 rings (SSSR count). The number of hydrogen-bond acceptors (Lipinski definition) is 13. The number of carbonyl (C=O) groups is 2. The lowest BCUT2D eigenvalue weighted by atomic mass is 9.67. The number of hydrogen-bond donors (Lipinski definition) is 6. The largest absolute Gasteiger partial charge is 0.497 e. The first-order chi connectivity index (χ1) is 26.0. The summed E-state index contributed by atoms with van der Waals surface area (Å²) >= 11 is 0. The Morgan fingerprint density at radius 1 is 0.667 bits per heavy atom. The molecular weight excluding hydrogens is 700 g/mol. The van der Waals surface area contributed by atoms with Crippen molar-refractivity contribution in [1.29, 1.82) is 0 Å². The van der Waals surface area contributed by atoms with Gasteiger partial charge in [-0.1, -0.05) is 18.2 Å². The molecule has 6 N–H and O–H groups in total. The fourth-order valence-electron chi connectivity index (χ4n) is 7.55. The second kappa shape index (κ2) is 20.1. The van der Waals surface area contributed by atoms with E-state index >= 15 is 0 Å². The van der Waals surface area contributed by atoms with Crippen LogP contribution in [0.15, 0.2) is 53.6 Å². The van der Waals surface area contributed by atoms with E-state index in [0.717, 1.165) is 0 Å². The van der Waals surface area contributed by atoms with Crippen LogP contribution in [-0.2, 0) is 19.1 Å². The van der Waals surface area contributed by atoms with E-state index in [1.807, 2.05) is 0 Å². The number of carbonyl (C=O) groups excluding carboxylic acids is 2. The number of esters is 2. The molecule has 0 heterocycles. The first-order valence-corrected chi connectivity index (χ1v) is 18.4. The normalized spacial score (nSPS) is 26.2. The van der Waals surface area contributed by atoms with Crippen LogP contribution in [0.3, 0.4) is 0 Å². The van der Waals surface area contributed by atoms with Crippen molar-refractivity contribution in [3.05, 3.63) is 64.7 Å². The summed E-state index contributed by atoms with van der Waals surface area (Å²) < 4.78 is 27.9. The van der Waals surface area contributed by atoms with Crippen LogP contribution in [-0.4, -0.2) is 116 Å². The summed E-state index contributed by atoms with van der Waals surface area (Å²) in [6.45, 7) is -1.01. The summed E-state index contributed by atoms with van der Waals surface area (Å²) in [6.07, 6.45) is 4.20. The predicted octanol–water partition coefficient (Wildman–Crippen LogP) is 3.31. The quantitative estimate of drug-likeness (QED) is 0.0736. The molecule has 298 valence electrons. The van der Waals surface area contributed by atoms with Crippen molar-refractivity contribution in [3.8, 4) is 17.2 Å². The lowest BCUT2D eigenvalue weighted by Gasteiger charge is -2.42. The Hall–Kier alpha value is -3.98. The Labute approximate surface area is 316 Å². The maximum absolute atomic E-state index is 14.2. The van der Waals surface area contributed by atoms with Crippen molar-refractivity contribution in [1.82, 2.24) is 0 Å². The smallest absolute Gasteiger partial charge is 0.339 e. The van der Waals surface area contributed by atoms with E-state index in [0.29, 0.717) is 54.1 Å². The fourth-order valence-corrected chi connectivity index (χ4v) is 7.55. The SMILES string of the molecule is COc1ccc(C=C(C(=O)OC[C@H]2CC[C@](CO)(CCO)[C@@H](O)C2)/C(=C\c2ccc(OC)c(OC)c2)C(=O)OC[C@H]2CC[C@](CO)(CCO)[C@@H](O)C2)cc1. The molecule has 13 nitrogen and oxygen atoms in total. The third kappa shape index (κ3) is 10.4. The summed E-state index contributed by atoms with van der Waals surface area (Å²) in [5.74, 6) is -0.638. The number of aliphatic hydroxyl groups excluding tert-OH is 6. The molecule has 0 aliphatic heterocycles. The molecule has 0 saturated heterocycles. The molecule has 6 atom stereocenters. The maximum Gasteiger partial charge on any atom is 0.339 e. The van der Waals surface area contributed by atoms with Gasteiger partial charge >= 0.3 is 11.9 Å². The molecule has 2 aliphatic carbocycles. The van der Waals surface area contributed by atoms with Crippen molar-refractivity contribution in [3.63, 3.8) is 0 Å². The van der Waals surface area contributed by atoms with Crippen molar-refractivity contribution in [2.45, 2.75) is 63.6 Å². The van der Waals surface area contributed by atoms with Crippen molar-refractivity contribution < 1.29 is 63.9 Å². The van der Waals surface area contributed by atoms with Gasteiger partial charge in [-0.15, -0.1) is 0 Å². The van der Waals surface area contributed by atoms with Crippen LogP contribution in [0, 0.1) is 22.7 Å². The molecule has 2 fully saturated rings. The molecule has 0 aromatic heterocycles. The van der Waals surface area contributed by atoms with E-state index in [-0.39, 0.29) is 88.3 Å². The molecule has 2 aromatic rings. The third-order valence-corrected chi connectivity index (χ3v) is 11.3. The van der Waals surface area contributed by atoms with Gasteiger partial charge in [-0.05, 0) is 111 Å². The predicted molar refractivity (Wildman–Crippen MR) is 200 cm³/mol. The summed E-state index contributed by atoms with van der Waals surface area (Å²) in [4.78, 5) is 28.3. The minimum atomic E-state index is -0.904. The van der Waals surface area contributed by atoms with Gasteiger partial charge in [-0.3, -0.25) is 0 Å². The monoisotopic (exact) mass is 756 g/mol. The summed E-state index contributed by atoms with van der Waals surface area (Å²) in [7, 11) is 4.51. The van der Waals surface area contributed by atoms with Gasteiger partial charge in [-0.2, -0.15) is 0 Å². The van der Waals surface area contributed by atoms with Crippen LogP contribution in [0.1, 0.15) is 62.5 Å². The standard InChI is InChI=1S/C41H56O13/c1-50-31-7-4-27(5-8-31)18-32(38(48)53-23-29-10-12-40(25-44,14-16-42)36(46)21-29)33(19-28-6-9-34(51-2)35(20-28)52-3)39(49)54-24-30-11-13-41(26-45,15-17-43)37(47)22-30/h4-9,18-20,29-30,36-37,42-47H,10-17,21-26H2,1-3H3/b32-18?,33-19+/t29-,30-,36-,37-,40+,41+/m0/s1. The van der Waals surface area contributed by atoms with Gasteiger partial charge in [0, 0.05) is 24.0 Å². The van der Waals surface area contributed by atoms with Crippen molar-refractivity contribution in [2.24, 2.45) is 22.7 Å². The van der Waals surface area contributed by atoms with Gasteiger partial charge in [0.05, 0.1) is 71.1 Å². The molecule has 2 saturated carbocycles. The minimum absolute atomic E-state index is 0.0599. The Kier molecular flexibility index (Phi) is 15.9. The molecule has 13 heteroatoms. The highest BCUT2D eigenvalue weighted by Crippen LogP contribution is 2.43. The second-order valence-corrected chi connectivity index (χ2v) is 14.5. The molecular formula is C41H56O13. The van der Waals surface area contributed by atoms with E-state index in [1.54, 1.807) is 42.5 Å². The topological polar surface area (TPSA) is 202 Å². The van der Waals surface area contributed by atoms with Crippen molar-refractivity contribution >= 4 is 24.1 Å². The Balaban J connectivity index is 1.67. The number of aliphatic hydroxyl groups is 6. The van der Waals surface area contributed by atoms with Gasteiger partial charge in [0.15, 0.2) is 11.5 Å². The van der Waals surface area contributed by atoms with Gasteiger partial charge in [0.1, 0.15) is 5.75 Å². The third-order valence-electron chi connectivity index (χ3n) is 11.3. The molecule has 2 aliphatic rings. The lowest BCUT2D eigenvalue weighted by Crippen LogP contribution is -2.45. The Morgan fingerprint density at radius 2 is 1.13 bits per heavy atom. The second-order valence-electron chi connectivity index (χ2n) is 14.5. The summed E-state index contributed by atoms with van der Waals surface area (Å²) in [5, 5.41) is 61.0. The van der Waals surface area contributed by atoms with E-state index in [9.17, 15) is 40.2 Å². The zero-order chi connectivity index (χ0) is 39.3. The first-order valence-electron chi connectivity index (χ1n) is 18.4. The molecule has 0 radical (unpaired) electrons. The van der Waals surface area contributed by atoms with Crippen LogP contribution in [0.25, 0.3) is 12.2 Å². The van der Waals surface area contributed by atoms with Crippen LogP contribution in [0.2, 0.25) is 0 Å². The van der Waals surface area contributed by atoms with Crippen LogP contribution in [0.4, 0.5) is 0 Å². The molecule has 54 heavy (non-hydrogen) atoms. The molecule has 2 aromatic carbocycles. The highest BCUT2D eigenvalue weighted by Gasteiger charge is 2.43. The highest BCUT2D eigenvalue weighted by atomic mass is 16.5. The van der Waals surface area contributed by atoms with Crippen LogP contribution >= 0.6 is 0 Å². The average molecular weight is 757 g/mol. The number of benzene rings is 2. The summed E-state index contributed by atoms with van der Waals surface area (Å²) in [6, 6.07) is 11.9. The molecule has 0 unspecified atom stereocenters. The summed E-state index contributed by atoms with van der Waals surface area (Å²) in [5.41, 5.74) is -0.766. The van der Waals surface area contributed by atoms with Gasteiger partial charge in [0.25, 0.3) is 0 Å². The van der Waals surface area contributed by atoms with E-state index in [1.165, 1.54) is 33.5 Å². The Morgan fingerprint density at radius 3 is 1.54 bits per heavy atom. The number of rotatable bonds is 18. The fraction of sp³-hybridized carbons (Fsp3) is 0.561. The molecule has 0 bridgehead atoms. The van der Waals surface area contributed by atoms with E-state index in [4.69, 9.17) is 23.7 Å². The lowest BCUT2D eigenvalue weighted by molar-refractivity contribution is -0.146. The van der Waals surface area contributed by atoms with Gasteiger partial charge < -0.3 is 54.3 Å². The number of ether oxygens (including phenoxy) is 5. The van der Waals surface area contributed by atoms with Gasteiger partial charge in [-0.25, -0.2) is 9.59 Å². The average Bonchev–Trinajstić information content (AvgIpc) is 3.19. The van der Waals surface area contributed by atoms with Crippen LogP contribution in [0.5, 0.6) is 17.2 Å². The zero-order valence-corrected chi connectivity index (χ0v) is 31.4. The van der Waals surface area contributed by atoms with Crippen molar-refractivity contribution in [2.75, 3.05) is 61.0 Å². The molecule has 0 amide bonds. The maximum atomic E-state index is 14.2. The first kappa shape index (κ1) is 42.8. The van der Waals surface area contributed by atoms with E-state index < -0.39 is 35.0 Å².